The molecule has 120 valence electrons. The molecule has 1 atom stereocenters. The Bertz CT molecular complexity index is 657. The van der Waals surface area contributed by atoms with Crippen LogP contribution < -0.4 is 4.90 Å². The fourth-order valence-corrected chi connectivity index (χ4v) is 2.88. The first-order valence-electron chi connectivity index (χ1n) is 7.73. The summed E-state index contributed by atoms with van der Waals surface area (Å²) < 4.78 is 5.72. The number of nitro benzene ring substituents is 1. The number of anilines is 1. The lowest BCUT2D eigenvalue weighted by molar-refractivity contribution is -0.384. The SMILES string of the molecule is O=[N+]([O-])c1ccccc1N(Cc1cccnc1)CC1CCCO1. The normalized spacial score (nSPS) is 17.1. The van der Waals surface area contributed by atoms with E-state index in [0.29, 0.717) is 18.8 Å². The van der Waals surface area contributed by atoms with Crippen LogP contribution in [0.25, 0.3) is 0 Å². The van der Waals surface area contributed by atoms with Crippen LogP contribution in [0.1, 0.15) is 18.4 Å². The Morgan fingerprint density at radius 2 is 2.17 bits per heavy atom. The van der Waals surface area contributed by atoms with Gasteiger partial charge in [0, 0.05) is 38.2 Å². The Labute approximate surface area is 134 Å². The second kappa shape index (κ2) is 7.19. The second-order valence-corrected chi connectivity index (χ2v) is 5.62. The van der Waals surface area contributed by atoms with E-state index in [2.05, 4.69) is 4.98 Å². The van der Waals surface area contributed by atoms with Crippen LogP contribution in [0.15, 0.2) is 48.8 Å². The van der Waals surface area contributed by atoms with E-state index in [9.17, 15) is 10.1 Å². The van der Waals surface area contributed by atoms with Crippen LogP contribution in [0.4, 0.5) is 11.4 Å². The van der Waals surface area contributed by atoms with Crippen molar-refractivity contribution in [1.29, 1.82) is 0 Å². The molecule has 0 amide bonds. The number of nitrogens with zero attached hydrogens (tertiary/aromatic N) is 3. The maximum atomic E-state index is 11.4. The van der Waals surface area contributed by atoms with Crippen LogP contribution in [-0.4, -0.2) is 29.2 Å². The molecule has 6 nitrogen and oxygen atoms in total. The van der Waals surface area contributed by atoms with Gasteiger partial charge >= 0.3 is 0 Å². The van der Waals surface area contributed by atoms with Crippen molar-refractivity contribution in [3.05, 3.63) is 64.5 Å². The monoisotopic (exact) mass is 313 g/mol. The number of rotatable bonds is 6. The van der Waals surface area contributed by atoms with Crippen LogP contribution in [0.2, 0.25) is 0 Å². The van der Waals surface area contributed by atoms with Crippen molar-refractivity contribution in [3.63, 3.8) is 0 Å². The summed E-state index contributed by atoms with van der Waals surface area (Å²) in [4.78, 5) is 17.2. The molecule has 0 aliphatic carbocycles. The number of hydrogen-bond acceptors (Lipinski definition) is 5. The molecule has 1 aromatic heterocycles. The average molecular weight is 313 g/mol. The molecule has 0 radical (unpaired) electrons. The van der Waals surface area contributed by atoms with Gasteiger partial charge in [-0.1, -0.05) is 18.2 Å². The lowest BCUT2D eigenvalue weighted by atomic mass is 10.1. The zero-order valence-corrected chi connectivity index (χ0v) is 12.8. The third-order valence-corrected chi connectivity index (χ3v) is 3.96. The van der Waals surface area contributed by atoms with E-state index in [1.807, 2.05) is 23.1 Å². The number of aromatic nitrogens is 1. The summed E-state index contributed by atoms with van der Waals surface area (Å²) in [6, 6.07) is 10.7. The van der Waals surface area contributed by atoms with Gasteiger partial charge in [-0.15, -0.1) is 0 Å². The number of hydrogen-bond donors (Lipinski definition) is 0. The highest BCUT2D eigenvalue weighted by Gasteiger charge is 2.24. The molecule has 2 aromatic rings. The van der Waals surface area contributed by atoms with Gasteiger partial charge in [-0.3, -0.25) is 15.1 Å². The van der Waals surface area contributed by atoms with E-state index in [4.69, 9.17) is 4.74 Å². The molecule has 0 saturated carbocycles. The molecule has 1 aliphatic heterocycles. The maximum Gasteiger partial charge on any atom is 0.292 e. The van der Waals surface area contributed by atoms with Crippen LogP contribution in [0.5, 0.6) is 0 Å². The summed E-state index contributed by atoms with van der Waals surface area (Å²) in [5.41, 5.74) is 1.76. The third kappa shape index (κ3) is 3.84. The lowest BCUT2D eigenvalue weighted by Crippen LogP contribution is -2.32. The highest BCUT2D eigenvalue weighted by Crippen LogP contribution is 2.30. The van der Waals surface area contributed by atoms with Gasteiger partial charge in [0.15, 0.2) is 0 Å². The molecule has 1 saturated heterocycles. The van der Waals surface area contributed by atoms with E-state index in [0.717, 1.165) is 25.0 Å². The van der Waals surface area contributed by atoms with E-state index < -0.39 is 0 Å². The predicted octanol–water partition coefficient (Wildman–Crippen LogP) is 3.18. The Kier molecular flexibility index (Phi) is 4.83. The van der Waals surface area contributed by atoms with Gasteiger partial charge in [0.1, 0.15) is 5.69 Å². The number of para-hydroxylation sites is 2. The summed E-state index contributed by atoms with van der Waals surface area (Å²) in [5.74, 6) is 0. The quantitative estimate of drug-likeness (QED) is 0.605. The molecule has 1 unspecified atom stereocenters. The second-order valence-electron chi connectivity index (χ2n) is 5.62. The molecule has 1 fully saturated rings. The van der Waals surface area contributed by atoms with E-state index in [1.165, 1.54) is 0 Å². The summed E-state index contributed by atoms with van der Waals surface area (Å²) in [6.45, 7) is 1.97. The minimum Gasteiger partial charge on any atom is -0.376 e. The van der Waals surface area contributed by atoms with Gasteiger partial charge in [0.25, 0.3) is 5.69 Å². The summed E-state index contributed by atoms with van der Waals surface area (Å²) in [7, 11) is 0. The summed E-state index contributed by atoms with van der Waals surface area (Å²) in [5, 5.41) is 11.4. The van der Waals surface area contributed by atoms with Crippen LogP contribution in [0.3, 0.4) is 0 Å². The van der Waals surface area contributed by atoms with Crippen molar-refractivity contribution in [2.24, 2.45) is 0 Å². The molecule has 23 heavy (non-hydrogen) atoms. The standard InChI is InChI=1S/C17H19N3O3/c21-20(22)17-8-2-1-7-16(17)19(13-15-6-4-10-23-15)12-14-5-3-9-18-11-14/h1-3,5,7-9,11,15H,4,6,10,12-13H2. The molecule has 1 aromatic carbocycles. The van der Waals surface area contributed by atoms with E-state index in [1.54, 1.807) is 30.6 Å². The minimum atomic E-state index is -0.332. The average Bonchev–Trinajstić information content (AvgIpc) is 3.08. The van der Waals surface area contributed by atoms with E-state index >= 15 is 0 Å². The maximum absolute atomic E-state index is 11.4. The van der Waals surface area contributed by atoms with Crippen molar-refractivity contribution in [1.82, 2.24) is 4.98 Å². The molecule has 0 spiro atoms. The largest absolute Gasteiger partial charge is 0.376 e. The number of nitro groups is 1. The lowest BCUT2D eigenvalue weighted by Gasteiger charge is -2.27. The Balaban J connectivity index is 1.89. The highest BCUT2D eigenvalue weighted by molar-refractivity contribution is 5.63. The predicted molar refractivity (Wildman–Crippen MR) is 87.4 cm³/mol. The first kappa shape index (κ1) is 15.4. The molecule has 1 aliphatic rings. The van der Waals surface area contributed by atoms with Crippen molar-refractivity contribution < 1.29 is 9.66 Å². The molecular weight excluding hydrogens is 294 g/mol. The first-order chi connectivity index (χ1) is 11.2. The topological polar surface area (TPSA) is 68.5 Å². The fourth-order valence-electron chi connectivity index (χ4n) is 2.88. The first-order valence-corrected chi connectivity index (χ1v) is 7.73. The molecule has 0 N–H and O–H groups in total. The third-order valence-electron chi connectivity index (χ3n) is 3.96. The number of benzene rings is 1. The van der Waals surface area contributed by atoms with Gasteiger partial charge in [-0.25, -0.2) is 0 Å². The zero-order valence-electron chi connectivity index (χ0n) is 12.8. The Morgan fingerprint density at radius 3 is 2.87 bits per heavy atom. The Hall–Kier alpha value is -2.47. The molecule has 3 rings (SSSR count). The van der Waals surface area contributed by atoms with Gasteiger partial charge in [-0.2, -0.15) is 0 Å². The van der Waals surface area contributed by atoms with Crippen molar-refractivity contribution >= 4 is 11.4 Å². The van der Waals surface area contributed by atoms with Crippen molar-refractivity contribution in [2.45, 2.75) is 25.5 Å². The highest BCUT2D eigenvalue weighted by atomic mass is 16.6. The fraction of sp³-hybridized carbons (Fsp3) is 0.353. The molecular formula is C17H19N3O3. The van der Waals surface area contributed by atoms with Crippen LogP contribution in [0, 0.1) is 10.1 Å². The van der Waals surface area contributed by atoms with Gasteiger partial charge in [0.2, 0.25) is 0 Å². The number of ether oxygens (including phenoxy) is 1. The minimum absolute atomic E-state index is 0.117. The zero-order chi connectivity index (χ0) is 16.1. The number of pyridine rings is 1. The Morgan fingerprint density at radius 1 is 1.30 bits per heavy atom. The molecule has 0 bridgehead atoms. The summed E-state index contributed by atoms with van der Waals surface area (Å²) in [6.07, 6.45) is 5.66. The van der Waals surface area contributed by atoms with Gasteiger partial charge < -0.3 is 9.64 Å². The summed E-state index contributed by atoms with van der Waals surface area (Å²) >= 11 is 0. The smallest absolute Gasteiger partial charge is 0.292 e. The van der Waals surface area contributed by atoms with E-state index in [-0.39, 0.29) is 16.7 Å². The van der Waals surface area contributed by atoms with Crippen molar-refractivity contribution in [2.75, 3.05) is 18.1 Å². The van der Waals surface area contributed by atoms with Gasteiger partial charge in [0.05, 0.1) is 11.0 Å². The van der Waals surface area contributed by atoms with Gasteiger partial charge in [-0.05, 0) is 30.5 Å². The molecule has 2 heterocycles. The molecule has 6 heteroatoms. The van der Waals surface area contributed by atoms with Crippen LogP contribution in [-0.2, 0) is 11.3 Å². The van der Waals surface area contributed by atoms with Crippen molar-refractivity contribution in [3.8, 4) is 0 Å². The van der Waals surface area contributed by atoms with Crippen LogP contribution >= 0.6 is 0 Å².